The van der Waals surface area contributed by atoms with Crippen LogP contribution in [0.5, 0.6) is 0 Å². The zero-order chi connectivity index (χ0) is 9.56. The third kappa shape index (κ3) is 4.79. The molecule has 0 bridgehead atoms. The van der Waals surface area contributed by atoms with Crippen LogP contribution in [0.1, 0.15) is 6.42 Å². The summed E-state index contributed by atoms with van der Waals surface area (Å²) in [6.07, 6.45) is 1.06. The van der Waals surface area contributed by atoms with Crippen LogP contribution >= 0.6 is 0 Å². The second-order valence-corrected chi connectivity index (χ2v) is 3.07. The van der Waals surface area contributed by atoms with Crippen molar-refractivity contribution in [2.45, 2.75) is 6.42 Å². The van der Waals surface area contributed by atoms with Gasteiger partial charge < -0.3 is 21.4 Å². The topological polar surface area (TPSA) is 70.9 Å². The molecule has 0 aromatic rings. The van der Waals surface area contributed by atoms with Gasteiger partial charge in [0.25, 0.3) is 0 Å². The van der Waals surface area contributed by atoms with Crippen LogP contribution in [0, 0.1) is 0 Å². The summed E-state index contributed by atoms with van der Waals surface area (Å²) in [5.74, 6) is 5.40. The number of guanidine groups is 1. The highest BCUT2D eigenvalue weighted by Crippen LogP contribution is 1.88. The highest BCUT2D eigenvalue weighted by molar-refractivity contribution is 5.77. The molecule has 5 heteroatoms. The van der Waals surface area contributed by atoms with Crippen LogP contribution in [0.25, 0.3) is 0 Å². The summed E-state index contributed by atoms with van der Waals surface area (Å²) in [7, 11) is 5.96. The van der Waals surface area contributed by atoms with Gasteiger partial charge >= 0.3 is 0 Å². The van der Waals surface area contributed by atoms with Gasteiger partial charge in [0.05, 0.1) is 0 Å². The maximum Gasteiger partial charge on any atom is 0.213 e. The van der Waals surface area contributed by atoms with Gasteiger partial charge in [0.1, 0.15) is 0 Å². The van der Waals surface area contributed by atoms with Crippen molar-refractivity contribution in [3.63, 3.8) is 0 Å². The molecule has 0 fully saturated rings. The van der Waals surface area contributed by atoms with Crippen LogP contribution in [0.3, 0.4) is 0 Å². The molecular weight excluding hydrogens is 154 g/mol. The van der Waals surface area contributed by atoms with Crippen LogP contribution in [-0.2, 0) is 0 Å². The van der Waals surface area contributed by atoms with Crippen molar-refractivity contribution >= 4 is 5.96 Å². The van der Waals surface area contributed by atoms with Gasteiger partial charge in [-0.05, 0) is 27.1 Å². The first-order valence-electron chi connectivity index (χ1n) is 3.97. The molecule has 0 saturated heterocycles. The van der Waals surface area contributed by atoms with E-state index in [9.17, 15) is 0 Å². The number of nitrogens with two attached hydrogens (primary N) is 2. The van der Waals surface area contributed by atoms with Gasteiger partial charge in [0, 0.05) is 13.6 Å². The Hall–Kier alpha value is -0.970. The van der Waals surface area contributed by atoms with Gasteiger partial charge in [-0.15, -0.1) is 5.10 Å². The minimum atomic E-state index is 0.383. The summed E-state index contributed by atoms with van der Waals surface area (Å²) >= 11 is 0. The molecule has 0 aliphatic rings. The Morgan fingerprint density at radius 3 is 2.25 bits per heavy atom. The minimum absolute atomic E-state index is 0.383. The van der Waals surface area contributed by atoms with Gasteiger partial charge in [0.2, 0.25) is 5.96 Å². The standard InChI is InChI=1S/C7H19N5/c1-11(2)5-4-6-12(3)7(8)10-9/h4-6,9H2,1-3H3,(H2,8,10). The summed E-state index contributed by atoms with van der Waals surface area (Å²) in [6, 6.07) is 0. The van der Waals surface area contributed by atoms with E-state index in [1.54, 1.807) is 0 Å². The van der Waals surface area contributed by atoms with Crippen molar-refractivity contribution in [1.82, 2.24) is 9.80 Å². The molecule has 0 spiro atoms. The predicted molar refractivity (Wildman–Crippen MR) is 51.6 cm³/mol. The normalized spacial score (nSPS) is 12.2. The molecule has 72 valence electrons. The molecule has 0 saturated carbocycles. The highest BCUT2D eigenvalue weighted by Gasteiger charge is 2.00. The predicted octanol–water partition coefficient (Wildman–Crippen LogP) is -0.942. The number of hydrazone groups is 1. The Morgan fingerprint density at radius 2 is 1.83 bits per heavy atom. The Labute approximate surface area is 74.0 Å². The van der Waals surface area contributed by atoms with Crippen molar-refractivity contribution in [3.8, 4) is 0 Å². The van der Waals surface area contributed by atoms with Gasteiger partial charge in [-0.1, -0.05) is 0 Å². The van der Waals surface area contributed by atoms with E-state index in [4.69, 9.17) is 11.6 Å². The fourth-order valence-corrected chi connectivity index (χ4v) is 0.837. The quantitative estimate of drug-likeness (QED) is 0.249. The van der Waals surface area contributed by atoms with E-state index in [1.165, 1.54) is 0 Å². The van der Waals surface area contributed by atoms with E-state index in [1.807, 2.05) is 26.0 Å². The molecule has 0 unspecified atom stereocenters. The Kier molecular flexibility index (Phi) is 5.19. The van der Waals surface area contributed by atoms with Crippen LogP contribution < -0.4 is 11.6 Å². The molecule has 0 heterocycles. The Morgan fingerprint density at radius 1 is 1.25 bits per heavy atom. The van der Waals surface area contributed by atoms with E-state index in [-0.39, 0.29) is 0 Å². The zero-order valence-corrected chi connectivity index (χ0v) is 8.12. The second-order valence-electron chi connectivity index (χ2n) is 3.07. The summed E-state index contributed by atoms with van der Waals surface area (Å²) in [4.78, 5) is 3.97. The first kappa shape index (κ1) is 11.0. The molecule has 0 aromatic heterocycles. The van der Waals surface area contributed by atoms with Crippen LogP contribution in [-0.4, -0.2) is 50.0 Å². The largest absolute Gasteiger partial charge is 0.368 e. The third-order valence-corrected chi connectivity index (χ3v) is 1.62. The maximum atomic E-state index is 5.47. The summed E-state index contributed by atoms with van der Waals surface area (Å²) < 4.78 is 0. The molecule has 0 aliphatic carbocycles. The molecule has 4 N–H and O–H groups in total. The van der Waals surface area contributed by atoms with Crippen LogP contribution in [0.15, 0.2) is 5.10 Å². The van der Waals surface area contributed by atoms with Crippen LogP contribution in [0.2, 0.25) is 0 Å². The van der Waals surface area contributed by atoms with Crippen LogP contribution in [0.4, 0.5) is 0 Å². The zero-order valence-electron chi connectivity index (χ0n) is 8.12. The number of hydrogen-bond acceptors (Lipinski definition) is 3. The molecule has 0 aromatic carbocycles. The van der Waals surface area contributed by atoms with Gasteiger partial charge in [-0.2, -0.15) is 0 Å². The van der Waals surface area contributed by atoms with Crippen molar-refractivity contribution in [1.29, 1.82) is 0 Å². The second kappa shape index (κ2) is 5.65. The molecule has 0 rings (SSSR count). The van der Waals surface area contributed by atoms with Crippen molar-refractivity contribution in [2.75, 3.05) is 34.2 Å². The molecule has 12 heavy (non-hydrogen) atoms. The number of hydrogen-bond donors (Lipinski definition) is 2. The number of rotatable bonds is 4. The number of nitrogens with zero attached hydrogens (tertiary/aromatic N) is 3. The first-order chi connectivity index (χ1) is 5.57. The van der Waals surface area contributed by atoms with E-state index in [0.717, 1.165) is 19.5 Å². The Bertz CT molecular complexity index is 143. The molecule has 5 nitrogen and oxygen atoms in total. The van der Waals surface area contributed by atoms with E-state index in [0.29, 0.717) is 5.96 Å². The average molecular weight is 173 g/mol. The third-order valence-electron chi connectivity index (χ3n) is 1.62. The lowest BCUT2D eigenvalue weighted by Gasteiger charge is -2.18. The van der Waals surface area contributed by atoms with Gasteiger partial charge in [-0.3, -0.25) is 0 Å². The smallest absolute Gasteiger partial charge is 0.213 e. The van der Waals surface area contributed by atoms with Crippen molar-refractivity contribution in [2.24, 2.45) is 16.7 Å². The fraction of sp³-hybridized carbons (Fsp3) is 0.857. The lowest BCUT2D eigenvalue weighted by molar-refractivity contribution is 0.368. The van der Waals surface area contributed by atoms with Crippen molar-refractivity contribution < 1.29 is 0 Å². The Balaban J connectivity index is 3.51. The molecule has 0 atom stereocenters. The first-order valence-corrected chi connectivity index (χ1v) is 3.97. The molecule has 0 radical (unpaired) electrons. The lowest BCUT2D eigenvalue weighted by atomic mass is 10.4. The lowest BCUT2D eigenvalue weighted by Crippen LogP contribution is -2.36. The van der Waals surface area contributed by atoms with E-state index < -0.39 is 0 Å². The highest BCUT2D eigenvalue weighted by atomic mass is 15.3. The van der Waals surface area contributed by atoms with E-state index in [2.05, 4.69) is 10.0 Å². The van der Waals surface area contributed by atoms with E-state index >= 15 is 0 Å². The minimum Gasteiger partial charge on any atom is -0.368 e. The molecular formula is C7H19N5. The summed E-state index contributed by atoms with van der Waals surface area (Å²) in [5, 5.41) is 3.39. The van der Waals surface area contributed by atoms with Gasteiger partial charge in [-0.25, -0.2) is 0 Å². The monoisotopic (exact) mass is 173 g/mol. The molecule has 0 aliphatic heterocycles. The fourth-order valence-electron chi connectivity index (χ4n) is 0.837. The summed E-state index contributed by atoms with van der Waals surface area (Å²) in [6.45, 7) is 1.92. The average Bonchev–Trinajstić information content (AvgIpc) is 2.02. The maximum absolute atomic E-state index is 5.47. The summed E-state index contributed by atoms with van der Waals surface area (Å²) in [5.41, 5.74) is 5.47. The SMILES string of the molecule is CN(C)CCCN(C)/C(N)=N/N. The van der Waals surface area contributed by atoms with Gasteiger partial charge in [0.15, 0.2) is 0 Å². The van der Waals surface area contributed by atoms with Crippen molar-refractivity contribution in [3.05, 3.63) is 0 Å². The molecule has 0 amide bonds.